The van der Waals surface area contributed by atoms with Crippen LogP contribution in [0.3, 0.4) is 0 Å². The summed E-state index contributed by atoms with van der Waals surface area (Å²) in [6, 6.07) is 5.08. The highest BCUT2D eigenvalue weighted by atomic mass is 16.5. The average molecular weight is 262 g/mol. The molecule has 0 radical (unpaired) electrons. The molecule has 0 saturated carbocycles. The van der Waals surface area contributed by atoms with E-state index in [1.165, 1.54) is 0 Å². The zero-order valence-electron chi connectivity index (χ0n) is 11.4. The molecule has 1 heterocycles. The highest BCUT2D eigenvalue weighted by Crippen LogP contribution is 2.25. The summed E-state index contributed by atoms with van der Waals surface area (Å²) in [5.74, 6) is 0.269. The van der Waals surface area contributed by atoms with Gasteiger partial charge in [-0.3, -0.25) is 9.59 Å². The van der Waals surface area contributed by atoms with E-state index in [4.69, 9.17) is 4.74 Å². The molecule has 0 aliphatic carbocycles. The van der Waals surface area contributed by atoms with Crippen LogP contribution in [0.15, 0.2) is 18.2 Å². The van der Waals surface area contributed by atoms with E-state index in [0.717, 1.165) is 0 Å². The number of anilines is 1. The molecule has 0 unspecified atom stereocenters. The zero-order valence-corrected chi connectivity index (χ0v) is 11.4. The maximum Gasteiger partial charge on any atom is 0.255 e. The SMILES string of the molecule is CC(C)(C)C(=O)Nc1ccc2c(c1)C(=O)NCCO2. The van der Waals surface area contributed by atoms with E-state index in [2.05, 4.69) is 10.6 Å². The Balaban J connectivity index is 2.25. The van der Waals surface area contributed by atoms with Gasteiger partial charge in [-0.15, -0.1) is 0 Å². The van der Waals surface area contributed by atoms with Gasteiger partial charge in [0.2, 0.25) is 5.91 Å². The van der Waals surface area contributed by atoms with Crippen molar-refractivity contribution in [3.63, 3.8) is 0 Å². The molecule has 2 N–H and O–H groups in total. The minimum absolute atomic E-state index is 0.0950. The van der Waals surface area contributed by atoms with Crippen LogP contribution < -0.4 is 15.4 Å². The largest absolute Gasteiger partial charge is 0.491 e. The molecular formula is C14H18N2O3. The highest BCUT2D eigenvalue weighted by molar-refractivity contribution is 6.00. The predicted octanol–water partition coefficient (Wildman–Crippen LogP) is 1.79. The van der Waals surface area contributed by atoms with Gasteiger partial charge in [-0.1, -0.05) is 20.8 Å². The monoisotopic (exact) mass is 262 g/mol. The van der Waals surface area contributed by atoms with Crippen LogP contribution in [0.4, 0.5) is 5.69 Å². The molecule has 0 bridgehead atoms. The number of benzene rings is 1. The third-order valence-electron chi connectivity index (χ3n) is 2.81. The topological polar surface area (TPSA) is 67.4 Å². The molecule has 1 aromatic rings. The molecule has 5 heteroatoms. The van der Waals surface area contributed by atoms with Gasteiger partial charge in [-0.2, -0.15) is 0 Å². The molecule has 0 atom stereocenters. The lowest BCUT2D eigenvalue weighted by atomic mass is 9.95. The van der Waals surface area contributed by atoms with Crippen LogP contribution in [0.5, 0.6) is 5.75 Å². The molecule has 102 valence electrons. The first-order valence-corrected chi connectivity index (χ1v) is 6.24. The van der Waals surface area contributed by atoms with Crippen LogP contribution in [0.1, 0.15) is 31.1 Å². The fourth-order valence-electron chi connectivity index (χ4n) is 1.65. The van der Waals surface area contributed by atoms with Crippen molar-refractivity contribution in [2.45, 2.75) is 20.8 Å². The second kappa shape index (κ2) is 4.91. The van der Waals surface area contributed by atoms with Crippen LogP contribution in [0.25, 0.3) is 0 Å². The molecule has 1 aromatic carbocycles. The van der Waals surface area contributed by atoms with Gasteiger partial charge in [0.25, 0.3) is 5.91 Å². The summed E-state index contributed by atoms with van der Waals surface area (Å²) in [7, 11) is 0. The fourth-order valence-corrected chi connectivity index (χ4v) is 1.65. The highest BCUT2D eigenvalue weighted by Gasteiger charge is 2.22. The first kappa shape index (κ1) is 13.4. The normalized spacial score (nSPS) is 14.8. The first-order chi connectivity index (χ1) is 8.88. The number of fused-ring (bicyclic) bond motifs is 1. The Bertz CT molecular complexity index is 518. The Morgan fingerprint density at radius 3 is 2.79 bits per heavy atom. The number of ether oxygens (including phenoxy) is 1. The minimum Gasteiger partial charge on any atom is -0.491 e. The van der Waals surface area contributed by atoms with E-state index in [1.807, 2.05) is 20.8 Å². The number of carbonyl (C=O) groups excluding carboxylic acids is 2. The molecule has 1 aliphatic heterocycles. The lowest BCUT2D eigenvalue weighted by Crippen LogP contribution is -2.28. The fraction of sp³-hybridized carbons (Fsp3) is 0.429. The predicted molar refractivity (Wildman–Crippen MR) is 72.4 cm³/mol. The second-order valence-electron chi connectivity index (χ2n) is 5.52. The molecule has 5 nitrogen and oxygen atoms in total. The number of carbonyl (C=O) groups is 2. The average Bonchev–Trinajstić information content (AvgIpc) is 2.51. The van der Waals surface area contributed by atoms with Crippen molar-refractivity contribution in [2.24, 2.45) is 5.41 Å². The van der Waals surface area contributed by atoms with Crippen molar-refractivity contribution in [3.05, 3.63) is 23.8 Å². The van der Waals surface area contributed by atoms with E-state index >= 15 is 0 Å². The van der Waals surface area contributed by atoms with Gasteiger partial charge in [0.15, 0.2) is 0 Å². The summed E-state index contributed by atoms with van der Waals surface area (Å²) in [5, 5.41) is 5.53. The second-order valence-corrected chi connectivity index (χ2v) is 5.52. The minimum atomic E-state index is -0.481. The van der Waals surface area contributed by atoms with E-state index in [1.54, 1.807) is 18.2 Å². The maximum absolute atomic E-state index is 11.9. The van der Waals surface area contributed by atoms with E-state index in [-0.39, 0.29) is 11.8 Å². The van der Waals surface area contributed by atoms with Crippen molar-refractivity contribution in [2.75, 3.05) is 18.5 Å². The third kappa shape index (κ3) is 3.05. The number of amides is 2. The van der Waals surface area contributed by atoms with Crippen molar-refractivity contribution < 1.29 is 14.3 Å². The Hall–Kier alpha value is -2.04. The summed E-state index contributed by atoms with van der Waals surface area (Å²) in [6.45, 7) is 6.44. The molecular weight excluding hydrogens is 244 g/mol. The van der Waals surface area contributed by atoms with Crippen LogP contribution in [0, 0.1) is 5.41 Å². The lowest BCUT2D eigenvalue weighted by molar-refractivity contribution is -0.123. The molecule has 19 heavy (non-hydrogen) atoms. The van der Waals surface area contributed by atoms with Crippen molar-refractivity contribution in [1.29, 1.82) is 0 Å². The number of nitrogens with one attached hydrogen (secondary N) is 2. The molecule has 2 rings (SSSR count). The van der Waals surface area contributed by atoms with E-state index < -0.39 is 5.41 Å². The molecule has 0 aromatic heterocycles. The molecule has 0 saturated heterocycles. The number of hydrogen-bond donors (Lipinski definition) is 2. The lowest BCUT2D eigenvalue weighted by Gasteiger charge is -2.18. The van der Waals surface area contributed by atoms with Gasteiger partial charge in [0.1, 0.15) is 12.4 Å². The molecule has 1 aliphatic rings. The zero-order chi connectivity index (χ0) is 14.0. The van der Waals surface area contributed by atoms with Crippen LogP contribution in [0.2, 0.25) is 0 Å². The number of rotatable bonds is 1. The van der Waals surface area contributed by atoms with E-state index in [9.17, 15) is 9.59 Å². The Labute approximate surface area is 112 Å². The van der Waals surface area contributed by atoms with Gasteiger partial charge >= 0.3 is 0 Å². The summed E-state index contributed by atoms with van der Waals surface area (Å²) < 4.78 is 5.45. The van der Waals surface area contributed by atoms with Crippen LogP contribution in [-0.2, 0) is 4.79 Å². The Kier molecular flexibility index (Phi) is 3.46. The van der Waals surface area contributed by atoms with Gasteiger partial charge < -0.3 is 15.4 Å². The molecule has 0 spiro atoms. The summed E-state index contributed by atoms with van der Waals surface area (Å²) >= 11 is 0. The van der Waals surface area contributed by atoms with Crippen LogP contribution in [-0.4, -0.2) is 25.0 Å². The van der Waals surface area contributed by atoms with E-state index in [0.29, 0.717) is 30.2 Å². The van der Waals surface area contributed by atoms with Crippen molar-refractivity contribution in [3.8, 4) is 5.75 Å². The third-order valence-corrected chi connectivity index (χ3v) is 2.81. The number of hydrogen-bond acceptors (Lipinski definition) is 3. The smallest absolute Gasteiger partial charge is 0.255 e. The van der Waals surface area contributed by atoms with Gasteiger partial charge in [-0.05, 0) is 18.2 Å². The summed E-state index contributed by atoms with van der Waals surface area (Å²) in [5.41, 5.74) is 0.564. The first-order valence-electron chi connectivity index (χ1n) is 6.24. The Morgan fingerprint density at radius 2 is 2.11 bits per heavy atom. The standard InChI is InChI=1S/C14H18N2O3/c1-14(2,3)13(18)16-9-4-5-11-10(8-9)12(17)15-6-7-19-11/h4-5,8H,6-7H2,1-3H3,(H,15,17)(H,16,18). The Morgan fingerprint density at radius 1 is 1.37 bits per heavy atom. The molecule has 2 amide bonds. The quantitative estimate of drug-likeness (QED) is 0.811. The van der Waals surface area contributed by atoms with Crippen molar-refractivity contribution in [1.82, 2.24) is 5.32 Å². The summed E-state index contributed by atoms with van der Waals surface area (Å²) in [6.07, 6.45) is 0. The van der Waals surface area contributed by atoms with Gasteiger partial charge in [0.05, 0.1) is 12.1 Å². The van der Waals surface area contributed by atoms with Crippen molar-refractivity contribution >= 4 is 17.5 Å². The summed E-state index contributed by atoms with van der Waals surface area (Å²) in [4.78, 5) is 23.7. The molecule has 0 fully saturated rings. The van der Waals surface area contributed by atoms with Gasteiger partial charge in [0, 0.05) is 11.1 Å². The maximum atomic E-state index is 11.9. The van der Waals surface area contributed by atoms with Gasteiger partial charge in [-0.25, -0.2) is 0 Å². The van der Waals surface area contributed by atoms with Crippen LogP contribution >= 0.6 is 0 Å².